The van der Waals surface area contributed by atoms with Gasteiger partial charge in [-0.25, -0.2) is 14.4 Å². The molecule has 9 nitrogen and oxygen atoms in total. The Morgan fingerprint density at radius 2 is 1.97 bits per heavy atom. The van der Waals surface area contributed by atoms with E-state index in [0.29, 0.717) is 26.9 Å². The summed E-state index contributed by atoms with van der Waals surface area (Å²) >= 11 is 3.21. The number of aliphatic carboxylic acids is 1. The van der Waals surface area contributed by atoms with Crippen LogP contribution in [0.15, 0.2) is 41.1 Å². The minimum absolute atomic E-state index is 0.156. The first-order chi connectivity index (χ1) is 15.3. The van der Waals surface area contributed by atoms with Gasteiger partial charge in [-0.05, 0) is 24.3 Å². The third-order valence-electron chi connectivity index (χ3n) is 4.49. The van der Waals surface area contributed by atoms with Crippen LogP contribution >= 0.6 is 15.9 Å². The van der Waals surface area contributed by atoms with Crippen molar-refractivity contribution in [3.05, 3.63) is 46.9 Å². The number of hydrogen-bond donors (Lipinski definition) is 4. The van der Waals surface area contributed by atoms with Gasteiger partial charge < -0.3 is 30.1 Å². The number of methoxy groups -OCH3 is 1. The van der Waals surface area contributed by atoms with Crippen LogP contribution in [0, 0.1) is 5.82 Å². The van der Waals surface area contributed by atoms with E-state index in [-0.39, 0.29) is 24.5 Å². The average Bonchev–Trinajstić information content (AvgIpc) is 2.73. The number of anilines is 2. The van der Waals surface area contributed by atoms with E-state index >= 15 is 0 Å². The topological polar surface area (TPSA) is 134 Å². The lowest BCUT2D eigenvalue weighted by molar-refractivity contribution is -0.139. The van der Waals surface area contributed by atoms with Gasteiger partial charge in [0.05, 0.1) is 36.9 Å². The Hall–Kier alpha value is -3.02. The summed E-state index contributed by atoms with van der Waals surface area (Å²) in [5.74, 6) is -0.653. The summed E-state index contributed by atoms with van der Waals surface area (Å²) < 4.78 is 25.8. The number of halogens is 2. The normalized spacial score (nSPS) is 12.9. The summed E-state index contributed by atoms with van der Waals surface area (Å²) in [7, 11) is 1.44. The van der Waals surface area contributed by atoms with Gasteiger partial charge in [0.15, 0.2) is 11.5 Å². The van der Waals surface area contributed by atoms with Crippen molar-refractivity contribution in [1.82, 2.24) is 9.97 Å². The van der Waals surface area contributed by atoms with Gasteiger partial charge in [-0.3, -0.25) is 4.79 Å². The molecule has 0 amide bonds. The molecule has 2 aromatic carbocycles. The second-order valence-electron chi connectivity index (χ2n) is 6.94. The van der Waals surface area contributed by atoms with Crippen molar-refractivity contribution in [2.45, 2.75) is 25.0 Å². The summed E-state index contributed by atoms with van der Waals surface area (Å²) in [6, 6.07) is 7.80. The van der Waals surface area contributed by atoms with Crippen molar-refractivity contribution < 1.29 is 34.0 Å². The van der Waals surface area contributed by atoms with Crippen molar-refractivity contribution in [2.24, 2.45) is 0 Å². The van der Waals surface area contributed by atoms with E-state index in [9.17, 15) is 19.4 Å². The second-order valence-corrected chi connectivity index (χ2v) is 7.86. The van der Waals surface area contributed by atoms with Crippen LogP contribution in [0.3, 0.4) is 0 Å². The molecule has 170 valence electrons. The fourth-order valence-corrected chi connectivity index (χ4v) is 3.34. The van der Waals surface area contributed by atoms with Gasteiger partial charge in [-0.2, -0.15) is 0 Å². The number of aliphatic hydroxyl groups is 2. The standard InChI is InChI=1S/C21H21BrFN3O6/c1-31-18-7-14-17(8-19(18)32-9-13(28)5-12(27)6-20(29)30)24-10-25-21(14)26-16-3-2-11(22)4-15(16)23/h2-4,7-8,10,12-13,27-28H,5-6,9H2,1H3,(H,29,30)(H,24,25,26). The maximum atomic E-state index is 14.2. The van der Waals surface area contributed by atoms with Crippen LogP contribution in [-0.4, -0.2) is 57.2 Å². The molecule has 11 heteroatoms. The Kier molecular flexibility index (Phi) is 7.78. The van der Waals surface area contributed by atoms with Crippen molar-refractivity contribution in [1.29, 1.82) is 0 Å². The summed E-state index contributed by atoms with van der Waals surface area (Å²) in [4.78, 5) is 19.0. The zero-order valence-corrected chi connectivity index (χ0v) is 18.5. The number of aliphatic hydroxyl groups excluding tert-OH is 2. The minimum atomic E-state index is -1.19. The van der Waals surface area contributed by atoms with Gasteiger partial charge in [0.25, 0.3) is 0 Å². The lowest BCUT2D eigenvalue weighted by atomic mass is 10.1. The molecule has 0 aliphatic carbocycles. The van der Waals surface area contributed by atoms with E-state index in [0.717, 1.165) is 0 Å². The van der Waals surface area contributed by atoms with Gasteiger partial charge >= 0.3 is 5.97 Å². The molecule has 0 aliphatic heterocycles. The first-order valence-electron chi connectivity index (χ1n) is 9.52. The summed E-state index contributed by atoms with van der Waals surface area (Å²) in [6.07, 6.45) is -1.59. The smallest absolute Gasteiger partial charge is 0.305 e. The molecular weight excluding hydrogens is 489 g/mol. The second kappa shape index (κ2) is 10.5. The highest BCUT2D eigenvalue weighted by molar-refractivity contribution is 9.10. The van der Waals surface area contributed by atoms with E-state index in [1.807, 2.05) is 0 Å². The molecular formula is C21H21BrFN3O6. The van der Waals surface area contributed by atoms with Crippen LogP contribution in [0.25, 0.3) is 10.9 Å². The molecule has 3 aromatic rings. The van der Waals surface area contributed by atoms with Crippen LogP contribution in [0.2, 0.25) is 0 Å². The van der Waals surface area contributed by atoms with Crippen LogP contribution < -0.4 is 14.8 Å². The number of nitrogens with one attached hydrogen (secondary N) is 1. The van der Waals surface area contributed by atoms with Gasteiger partial charge in [-0.15, -0.1) is 0 Å². The van der Waals surface area contributed by atoms with Crippen molar-refractivity contribution in [3.8, 4) is 11.5 Å². The molecule has 0 saturated heterocycles. The van der Waals surface area contributed by atoms with Crippen molar-refractivity contribution in [3.63, 3.8) is 0 Å². The van der Waals surface area contributed by atoms with Crippen LogP contribution in [0.4, 0.5) is 15.9 Å². The highest BCUT2D eigenvalue weighted by Crippen LogP contribution is 2.35. The van der Waals surface area contributed by atoms with Crippen molar-refractivity contribution >= 4 is 44.3 Å². The predicted molar refractivity (Wildman–Crippen MR) is 118 cm³/mol. The van der Waals surface area contributed by atoms with Crippen LogP contribution in [-0.2, 0) is 4.79 Å². The highest BCUT2D eigenvalue weighted by atomic mass is 79.9. The summed E-state index contributed by atoms with van der Waals surface area (Å²) in [5, 5.41) is 31.9. The van der Waals surface area contributed by atoms with Crippen LogP contribution in [0.5, 0.6) is 11.5 Å². The Morgan fingerprint density at radius 1 is 1.19 bits per heavy atom. The summed E-state index contributed by atoms with van der Waals surface area (Å²) in [6.45, 7) is -0.196. The Labute approximate surface area is 191 Å². The molecule has 1 aromatic heterocycles. The molecule has 0 bridgehead atoms. The van der Waals surface area contributed by atoms with E-state index < -0.39 is 30.4 Å². The maximum absolute atomic E-state index is 14.2. The molecule has 32 heavy (non-hydrogen) atoms. The lowest BCUT2D eigenvalue weighted by Crippen LogP contribution is -2.25. The molecule has 0 fully saturated rings. The van der Waals surface area contributed by atoms with E-state index in [1.165, 1.54) is 19.5 Å². The SMILES string of the molecule is COc1cc2c(Nc3ccc(Br)cc3F)ncnc2cc1OCC(O)CC(O)CC(=O)O. The number of fused-ring (bicyclic) bond motifs is 1. The third kappa shape index (κ3) is 6.02. The maximum Gasteiger partial charge on any atom is 0.305 e. The molecule has 1 heterocycles. The number of carboxylic acids is 1. The predicted octanol–water partition coefficient (Wildman–Crippen LogP) is 3.25. The van der Waals surface area contributed by atoms with Crippen molar-refractivity contribution in [2.75, 3.05) is 19.0 Å². The number of benzene rings is 2. The number of ether oxygens (including phenoxy) is 2. The first-order valence-corrected chi connectivity index (χ1v) is 10.3. The third-order valence-corrected chi connectivity index (χ3v) is 4.98. The number of rotatable bonds is 10. The minimum Gasteiger partial charge on any atom is -0.493 e. The molecule has 0 spiro atoms. The number of carbonyl (C=O) groups is 1. The average molecular weight is 510 g/mol. The zero-order valence-electron chi connectivity index (χ0n) is 17.0. The van der Waals surface area contributed by atoms with Crippen LogP contribution in [0.1, 0.15) is 12.8 Å². The molecule has 2 unspecified atom stereocenters. The molecule has 0 radical (unpaired) electrons. The molecule has 2 atom stereocenters. The zero-order chi connectivity index (χ0) is 23.3. The van der Waals surface area contributed by atoms with Gasteiger partial charge in [0, 0.05) is 22.3 Å². The van der Waals surface area contributed by atoms with Gasteiger partial charge in [0.2, 0.25) is 0 Å². The highest BCUT2D eigenvalue weighted by Gasteiger charge is 2.18. The number of carboxylic acid groups (broad SMARTS) is 1. The lowest BCUT2D eigenvalue weighted by Gasteiger charge is -2.17. The fourth-order valence-electron chi connectivity index (χ4n) is 3.01. The van der Waals surface area contributed by atoms with E-state index in [2.05, 4.69) is 31.2 Å². The molecule has 4 N–H and O–H groups in total. The first kappa shape index (κ1) is 23.6. The van der Waals surface area contributed by atoms with Gasteiger partial charge in [-0.1, -0.05) is 15.9 Å². The molecule has 3 rings (SSSR count). The Balaban J connectivity index is 1.80. The van der Waals surface area contributed by atoms with E-state index in [4.69, 9.17) is 14.6 Å². The number of hydrogen-bond acceptors (Lipinski definition) is 8. The Morgan fingerprint density at radius 3 is 2.66 bits per heavy atom. The van der Waals surface area contributed by atoms with Gasteiger partial charge in [0.1, 0.15) is 24.6 Å². The summed E-state index contributed by atoms with van der Waals surface area (Å²) in [5.41, 5.74) is 0.715. The molecule has 0 saturated carbocycles. The fraction of sp³-hybridized carbons (Fsp3) is 0.286. The Bertz CT molecular complexity index is 1120. The quantitative estimate of drug-likeness (QED) is 0.324. The monoisotopic (exact) mass is 509 g/mol. The molecule has 0 aliphatic rings. The number of nitrogens with zero attached hydrogens (tertiary/aromatic N) is 2. The number of aromatic nitrogens is 2. The van der Waals surface area contributed by atoms with E-state index in [1.54, 1.807) is 24.3 Å². The largest absolute Gasteiger partial charge is 0.493 e.